The van der Waals surface area contributed by atoms with E-state index in [0.29, 0.717) is 6.42 Å². The van der Waals surface area contributed by atoms with Gasteiger partial charge in [-0.05, 0) is 83.6 Å². The molecular weight excluding hydrogens is 556 g/mol. The van der Waals surface area contributed by atoms with Gasteiger partial charge in [0.15, 0.2) is 0 Å². The first kappa shape index (κ1) is 37.5. The van der Waals surface area contributed by atoms with Crippen LogP contribution in [0.4, 0.5) is 0 Å². The number of carbonyl (C=O) groups is 1. The Kier molecular flexibility index (Phi) is 18.5. The molecular formula is C37H66O7. The molecule has 3 aliphatic rings. The van der Waals surface area contributed by atoms with Crippen LogP contribution >= 0.6 is 0 Å². The second-order valence-electron chi connectivity index (χ2n) is 14.0. The summed E-state index contributed by atoms with van der Waals surface area (Å²) in [5.74, 6) is -0.123. The molecule has 0 amide bonds. The molecule has 8 atom stereocenters. The summed E-state index contributed by atoms with van der Waals surface area (Å²) in [7, 11) is 0. The summed E-state index contributed by atoms with van der Waals surface area (Å²) in [5, 5.41) is 31.6. The molecule has 44 heavy (non-hydrogen) atoms. The van der Waals surface area contributed by atoms with E-state index in [0.717, 1.165) is 89.0 Å². The summed E-state index contributed by atoms with van der Waals surface area (Å²) in [6.07, 6.45) is 25.7. The molecule has 7 nitrogen and oxygen atoms in total. The largest absolute Gasteiger partial charge is 0.455 e. The highest BCUT2D eigenvalue weighted by Crippen LogP contribution is 2.34. The molecule has 0 saturated carbocycles. The van der Waals surface area contributed by atoms with E-state index in [2.05, 4.69) is 6.92 Å². The van der Waals surface area contributed by atoms with Gasteiger partial charge in [-0.3, -0.25) is 0 Å². The minimum Gasteiger partial charge on any atom is -0.455 e. The smallest absolute Gasteiger partial charge is 0.334 e. The average Bonchev–Trinajstić information content (AvgIpc) is 3.76. The van der Waals surface area contributed by atoms with Crippen molar-refractivity contribution in [3.63, 3.8) is 0 Å². The van der Waals surface area contributed by atoms with Gasteiger partial charge in [0.25, 0.3) is 0 Å². The van der Waals surface area contributed by atoms with Crippen molar-refractivity contribution in [2.24, 2.45) is 0 Å². The zero-order valence-electron chi connectivity index (χ0n) is 28.1. The number of hydrogen-bond donors (Lipinski definition) is 3. The maximum Gasteiger partial charge on any atom is 0.334 e. The van der Waals surface area contributed by atoms with Crippen molar-refractivity contribution in [2.75, 3.05) is 0 Å². The molecule has 0 bridgehead atoms. The molecule has 0 aliphatic carbocycles. The van der Waals surface area contributed by atoms with Crippen LogP contribution in [-0.4, -0.2) is 70.1 Å². The van der Waals surface area contributed by atoms with Crippen molar-refractivity contribution in [2.45, 2.75) is 217 Å². The summed E-state index contributed by atoms with van der Waals surface area (Å²) in [6, 6.07) is 0. The molecule has 3 heterocycles. The van der Waals surface area contributed by atoms with Gasteiger partial charge >= 0.3 is 5.97 Å². The Morgan fingerprint density at radius 2 is 1.14 bits per heavy atom. The second-order valence-corrected chi connectivity index (χ2v) is 14.0. The fourth-order valence-electron chi connectivity index (χ4n) is 7.28. The number of esters is 1. The predicted molar refractivity (Wildman–Crippen MR) is 175 cm³/mol. The highest BCUT2D eigenvalue weighted by atomic mass is 16.6. The highest BCUT2D eigenvalue weighted by molar-refractivity contribution is 5.90. The highest BCUT2D eigenvalue weighted by Gasteiger charge is 2.40. The Bertz CT molecular complexity index is 801. The fourth-order valence-corrected chi connectivity index (χ4v) is 7.28. The second kappa shape index (κ2) is 21.7. The lowest BCUT2D eigenvalue weighted by molar-refractivity contribution is -0.139. The van der Waals surface area contributed by atoms with Gasteiger partial charge in [0.1, 0.15) is 6.10 Å². The van der Waals surface area contributed by atoms with Crippen LogP contribution in [0.25, 0.3) is 0 Å². The Balaban J connectivity index is 1.13. The van der Waals surface area contributed by atoms with Crippen LogP contribution in [0.1, 0.15) is 168 Å². The lowest BCUT2D eigenvalue weighted by atomic mass is 9.99. The minimum absolute atomic E-state index is 0.0170. The minimum atomic E-state index is -0.479. The summed E-state index contributed by atoms with van der Waals surface area (Å²) in [5.41, 5.74) is 0.863. The Hall–Kier alpha value is -0.990. The number of aliphatic hydroxyl groups is 3. The van der Waals surface area contributed by atoms with Gasteiger partial charge < -0.3 is 29.5 Å². The van der Waals surface area contributed by atoms with E-state index in [1.54, 1.807) is 0 Å². The summed E-state index contributed by atoms with van der Waals surface area (Å²) in [4.78, 5) is 11.6. The lowest BCUT2D eigenvalue weighted by Crippen LogP contribution is -2.33. The van der Waals surface area contributed by atoms with Crippen molar-refractivity contribution >= 4 is 5.97 Å². The van der Waals surface area contributed by atoms with Crippen LogP contribution in [0.3, 0.4) is 0 Å². The van der Waals surface area contributed by atoms with E-state index in [1.807, 2.05) is 13.0 Å². The van der Waals surface area contributed by atoms with Crippen LogP contribution < -0.4 is 0 Å². The standard InChI is InChI=1S/C37H66O7/c1-3-4-5-15-19-30(38)20-17-22-32(40)34-24-26-36(44-34)35-25-23-33(43-35)31(39)21-16-13-11-9-7-6-8-10-12-14-18-29-27-28(2)42-37(29)41/h27-28,30-36,38-40H,3-26H2,1-2H3/t28-,30-,31+,32-,33+,34+,35+,36+/m0/s1. The van der Waals surface area contributed by atoms with Crippen LogP contribution in [0.5, 0.6) is 0 Å². The Morgan fingerprint density at radius 3 is 1.68 bits per heavy atom. The number of hydrogen-bond acceptors (Lipinski definition) is 7. The zero-order chi connectivity index (χ0) is 31.6. The third-order valence-corrected chi connectivity index (χ3v) is 10.1. The van der Waals surface area contributed by atoms with Crippen molar-refractivity contribution in [3.05, 3.63) is 11.6 Å². The van der Waals surface area contributed by atoms with Crippen LogP contribution in [0.2, 0.25) is 0 Å². The van der Waals surface area contributed by atoms with E-state index in [4.69, 9.17) is 14.2 Å². The van der Waals surface area contributed by atoms with Gasteiger partial charge in [-0.25, -0.2) is 4.79 Å². The SMILES string of the molecule is CCCCCC[C@H](O)CCC[C@H](O)[C@H]1CC[C@H]([C@H]2CC[C@H]([C@H](O)CCCCCCCCCCCCC3=C[C@H](C)OC3=O)O2)O1. The number of rotatable bonds is 25. The van der Waals surface area contributed by atoms with Crippen LogP contribution in [-0.2, 0) is 19.0 Å². The Labute approximate surface area is 268 Å². The molecule has 0 spiro atoms. The fraction of sp³-hybridized carbons (Fsp3) is 0.919. The van der Waals surface area contributed by atoms with Gasteiger partial charge in [-0.2, -0.15) is 0 Å². The van der Waals surface area contributed by atoms with Crippen LogP contribution in [0, 0.1) is 0 Å². The van der Waals surface area contributed by atoms with E-state index in [1.165, 1.54) is 64.2 Å². The third kappa shape index (κ3) is 14.2. The summed E-state index contributed by atoms with van der Waals surface area (Å²) >= 11 is 0. The molecule has 0 radical (unpaired) electrons. The number of unbranched alkanes of at least 4 members (excludes halogenated alkanes) is 12. The average molecular weight is 623 g/mol. The zero-order valence-corrected chi connectivity index (χ0v) is 28.1. The summed E-state index contributed by atoms with van der Waals surface area (Å²) < 4.78 is 17.7. The summed E-state index contributed by atoms with van der Waals surface area (Å²) in [6.45, 7) is 4.11. The van der Waals surface area contributed by atoms with Gasteiger partial charge in [0.05, 0.1) is 42.7 Å². The molecule has 2 fully saturated rings. The third-order valence-electron chi connectivity index (χ3n) is 10.1. The molecule has 3 aliphatic heterocycles. The van der Waals surface area contributed by atoms with Gasteiger partial charge in [0.2, 0.25) is 0 Å². The number of ether oxygens (including phenoxy) is 3. The number of carbonyl (C=O) groups excluding carboxylic acids is 1. The van der Waals surface area contributed by atoms with Gasteiger partial charge in [-0.1, -0.05) is 90.4 Å². The quantitative estimate of drug-likeness (QED) is 0.0703. The van der Waals surface area contributed by atoms with Gasteiger partial charge in [-0.15, -0.1) is 0 Å². The van der Waals surface area contributed by atoms with Crippen molar-refractivity contribution in [3.8, 4) is 0 Å². The molecule has 7 heteroatoms. The van der Waals surface area contributed by atoms with Crippen LogP contribution in [0.15, 0.2) is 11.6 Å². The topological polar surface area (TPSA) is 105 Å². The molecule has 0 aromatic rings. The maximum absolute atomic E-state index is 11.6. The molecule has 3 rings (SSSR count). The van der Waals surface area contributed by atoms with E-state index in [-0.39, 0.29) is 42.6 Å². The van der Waals surface area contributed by atoms with Crippen molar-refractivity contribution in [1.82, 2.24) is 0 Å². The monoisotopic (exact) mass is 622 g/mol. The van der Waals surface area contributed by atoms with E-state index >= 15 is 0 Å². The molecule has 2 saturated heterocycles. The van der Waals surface area contributed by atoms with E-state index in [9.17, 15) is 20.1 Å². The van der Waals surface area contributed by atoms with Gasteiger partial charge in [0, 0.05) is 5.57 Å². The Morgan fingerprint density at radius 1 is 0.659 bits per heavy atom. The predicted octanol–water partition coefficient (Wildman–Crippen LogP) is 7.86. The molecule has 0 unspecified atom stereocenters. The lowest BCUT2D eigenvalue weighted by Gasteiger charge is -2.24. The van der Waals surface area contributed by atoms with Crippen molar-refractivity contribution in [1.29, 1.82) is 0 Å². The first-order chi connectivity index (χ1) is 21.4. The number of cyclic esters (lactones) is 1. The number of aliphatic hydroxyl groups excluding tert-OH is 3. The van der Waals surface area contributed by atoms with E-state index < -0.39 is 12.2 Å². The molecule has 0 aromatic heterocycles. The molecule has 0 aromatic carbocycles. The first-order valence-corrected chi connectivity index (χ1v) is 18.6. The molecule has 3 N–H and O–H groups in total. The van der Waals surface area contributed by atoms with Crippen molar-refractivity contribution < 1.29 is 34.3 Å². The normalized spacial score (nSPS) is 27.4. The maximum atomic E-state index is 11.6. The molecule has 256 valence electrons. The first-order valence-electron chi connectivity index (χ1n) is 18.6.